The molecule has 4 N–H and O–H groups in total. The Bertz CT molecular complexity index is 1880. The van der Waals surface area contributed by atoms with E-state index in [1.165, 1.54) is 12.1 Å². The number of hydrogen-bond acceptors (Lipinski definition) is 5. The predicted molar refractivity (Wildman–Crippen MR) is 154 cm³/mol. The van der Waals surface area contributed by atoms with Gasteiger partial charge in [-0.3, -0.25) is 19.9 Å². The van der Waals surface area contributed by atoms with Crippen molar-refractivity contribution in [3.63, 3.8) is 0 Å². The van der Waals surface area contributed by atoms with Crippen molar-refractivity contribution in [2.75, 3.05) is 5.32 Å². The number of aromatic nitrogens is 5. The van der Waals surface area contributed by atoms with E-state index < -0.39 is 5.82 Å². The summed E-state index contributed by atoms with van der Waals surface area (Å²) in [6.45, 7) is 6.07. The van der Waals surface area contributed by atoms with E-state index in [0.717, 1.165) is 44.7 Å². The van der Waals surface area contributed by atoms with Crippen LogP contribution in [0, 0.1) is 11.2 Å². The highest BCUT2D eigenvalue weighted by molar-refractivity contribution is 6.01. The zero-order valence-electron chi connectivity index (χ0n) is 22.2. The maximum absolute atomic E-state index is 14.0. The SMILES string of the molecule is CC(C)(C)CC(=O)Nc1cncc(-c2ccc3[nH]nc(-c4cc5c(-c6cc(O)cc(F)c6)cncc5[nH]4)c3c2)c1. The van der Waals surface area contributed by atoms with Crippen LogP contribution in [0.4, 0.5) is 10.1 Å². The smallest absolute Gasteiger partial charge is 0.224 e. The van der Waals surface area contributed by atoms with Crippen LogP contribution in [-0.4, -0.2) is 36.2 Å². The number of hydrogen-bond donors (Lipinski definition) is 4. The van der Waals surface area contributed by atoms with Gasteiger partial charge in [-0.1, -0.05) is 26.8 Å². The minimum Gasteiger partial charge on any atom is -0.508 e. The second kappa shape index (κ2) is 9.60. The van der Waals surface area contributed by atoms with E-state index in [4.69, 9.17) is 0 Å². The minimum atomic E-state index is -0.527. The lowest BCUT2D eigenvalue weighted by Gasteiger charge is -2.17. The number of halogens is 1. The number of aromatic hydroxyl groups is 1. The zero-order valence-corrected chi connectivity index (χ0v) is 22.2. The van der Waals surface area contributed by atoms with Gasteiger partial charge in [0.05, 0.1) is 34.8 Å². The van der Waals surface area contributed by atoms with Crippen LogP contribution in [0.25, 0.3) is 55.4 Å². The molecule has 4 heterocycles. The van der Waals surface area contributed by atoms with E-state index in [0.29, 0.717) is 28.9 Å². The van der Waals surface area contributed by atoms with E-state index in [-0.39, 0.29) is 17.1 Å². The van der Waals surface area contributed by atoms with E-state index in [1.54, 1.807) is 24.8 Å². The fourth-order valence-corrected chi connectivity index (χ4v) is 4.89. The van der Waals surface area contributed by atoms with Gasteiger partial charge in [0.25, 0.3) is 0 Å². The second-order valence-electron chi connectivity index (χ2n) is 11.1. The number of anilines is 1. The Morgan fingerprint density at radius 3 is 2.52 bits per heavy atom. The van der Waals surface area contributed by atoms with Gasteiger partial charge in [-0.25, -0.2) is 4.39 Å². The molecule has 8 nitrogen and oxygen atoms in total. The average molecular weight is 535 g/mol. The molecule has 0 radical (unpaired) electrons. The van der Waals surface area contributed by atoms with Crippen molar-refractivity contribution >= 4 is 33.4 Å². The lowest BCUT2D eigenvalue weighted by molar-refractivity contribution is -0.117. The van der Waals surface area contributed by atoms with Gasteiger partial charge < -0.3 is 15.4 Å². The fourth-order valence-electron chi connectivity index (χ4n) is 4.89. The van der Waals surface area contributed by atoms with Gasteiger partial charge in [-0.15, -0.1) is 0 Å². The molecule has 0 saturated carbocycles. The lowest BCUT2D eigenvalue weighted by atomic mass is 9.92. The standard InChI is InChI=1S/C31H27FN6O2/c1-31(2,3)12-29(40)35-21-7-19(13-33-14-21)17-4-5-26-24(9-17)30(38-37-26)27-11-23-25(15-34-16-28(23)36-27)18-6-20(32)10-22(39)8-18/h4-11,13-16,36,39H,12H2,1-3H3,(H,35,40)(H,37,38). The third-order valence-electron chi connectivity index (χ3n) is 6.60. The highest BCUT2D eigenvalue weighted by Crippen LogP contribution is 2.36. The third-order valence-corrected chi connectivity index (χ3v) is 6.60. The summed E-state index contributed by atoms with van der Waals surface area (Å²) in [5.74, 6) is -0.734. The highest BCUT2D eigenvalue weighted by atomic mass is 19.1. The number of benzene rings is 2. The number of phenolic OH excluding ortho intramolecular Hbond substituents is 1. The van der Waals surface area contributed by atoms with Gasteiger partial charge in [0.1, 0.15) is 17.3 Å². The summed E-state index contributed by atoms with van der Waals surface area (Å²) in [5, 5.41) is 22.2. The molecule has 4 aromatic heterocycles. The number of nitrogens with zero attached hydrogens (tertiary/aromatic N) is 3. The predicted octanol–water partition coefficient (Wildman–Crippen LogP) is 7.05. The first-order valence-electron chi connectivity index (χ1n) is 12.8. The van der Waals surface area contributed by atoms with E-state index in [1.807, 2.05) is 51.1 Å². The van der Waals surface area contributed by atoms with Crippen LogP contribution < -0.4 is 5.32 Å². The average Bonchev–Trinajstić information content (AvgIpc) is 3.50. The molecule has 0 atom stereocenters. The molecule has 0 spiro atoms. The Balaban J connectivity index is 1.37. The van der Waals surface area contributed by atoms with Gasteiger partial charge >= 0.3 is 0 Å². The highest BCUT2D eigenvalue weighted by Gasteiger charge is 2.17. The Kier molecular flexibility index (Phi) is 6.06. The molecule has 0 aliphatic rings. The minimum absolute atomic E-state index is 0.0554. The summed E-state index contributed by atoms with van der Waals surface area (Å²) in [6, 6.07) is 13.8. The molecule has 0 bridgehead atoms. The Morgan fingerprint density at radius 2 is 1.73 bits per heavy atom. The van der Waals surface area contributed by atoms with Crippen LogP contribution in [0.3, 0.4) is 0 Å². The number of carbonyl (C=O) groups excluding carboxylic acids is 1. The summed E-state index contributed by atoms with van der Waals surface area (Å²) in [5.41, 5.74) is 6.59. The van der Waals surface area contributed by atoms with Crippen LogP contribution in [0.2, 0.25) is 0 Å². The van der Waals surface area contributed by atoms with Gasteiger partial charge in [0.2, 0.25) is 5.91 Å². The number of amides is 1. The second-order valence-corrected chi connectivity index (χ2v) is 11.1. The van der Waals surface area contributed by atoms with Crippen LogP contribution >= 0.6 is 0 Å². The topological polar surface area (TPSA) is 120 Å². The molecule has 6 rings (SSSR count). The van der Waals surface area contributed by atoms with Crippen molar-refractivity contribution in [2.24, 2.45) is 5.41 Å². The Hall–Kier alpha value is -5.05. The number of phenols is 1. The fraction of sp³-hybridized carbons (Fsp3) is 0.161. The summed E-state index contributed by atoms with van der Waals surface area (Å²) in [6.07, 6.45) is 7.15. The van der Waals surface area contributed by atoms with Crippen molar-refractivity contribution in [2.45, 2.75) is 27.2 Å². The van der Waals surface area contributed by atoms with Gasteiger partial charge in [-0.2, -0.15) is 5.10 Å². The van der Waals surface area contributed by atoms with Gasteiger partial charge in [0, 0.05) is 46.8 Å². The maximum Gasteiger partial charge on any atom is 0.224 e. The monoisotopic (exact) mass is 534 g/mol. The molecule has 6 aromatic rings. The molecule has 1 amide bonds. The van der Waals surface area contributed by atoms with E-state index in [9.17, 15) is 14.3 Å². The first-order chi connectivity index (χ1) is 19.1. The molecule has 2 aromatic carbocycles. The van der Waals surface area contributed by atoms with Crippen molar-refractivity contribution < 1.29 is 14.3 Å². The Labute approximate surface area is 229 Å². The lowest BCUT2D eigenvalue weighted by Crippen LogP contribution is -2.19. The molecule has 0 fully saturated rings. The van der Waals surface area contributed by atoms with Crippen LogP contribution in [-0.2, 0) is 4.79 Å². The van der Waals surface area contributed by atoms with Crippen molar-refractivity contribution in [1.82, 2.24) is 25.1 Å². The molecule has 0 aliphatic heterocycles. The van der Waals surface area contributed by atoms with Gasteiger partial charge in [0.15, 0.2) is 0 Å². The number of carbonyl (C=O) groups is 1. The first kappa shape index (κ1) is 25.2. The maximum atomic E-state index is 14.0. The molecule has 0 aliphatic carbocycles. The molecule has 0 saturated heterocycles. The summed E-state index contributed by atoms with van der Waals surface area (Å²) in [7, 11) is 0. The number of pyridine rings is 2. The first-order valence-corrected chi connectivity index (χ1v) is 12.8. The van der Waals surface area contributed by atoms with Crippen LogP contribution in [0.5, 0.6) is 5.75 Å². The van der Waals surface area contributed by atoms with Crippen molar-refractivity contribution in [1.29, 1.82) is 0 Å². The van der Waals surface area contributed by atoms with Crippen LogP contribution in [0.15, 0.2) is 73.3 Å². The summed E-state index contributed by atoms with van der Waals surface area (Å²) in [4.78, 5) is 24.5. The van der Waals surface area contributed by atoms with Crippen molar-refractivity contribution in [3.05, 3.63) is 79.1 Å². The quantitative estimate of drug-likeness (QED) is 0.189. The number of nitrogens with one attached hydrogen (secondary N) is 3. The number of H-pyrrole nitrogens is 2. The zero-order chi connectivity index (χ0) is 28.0. The largest absolute Gasteiger partial charge is 0.508 e. The molecule has 0 unspecified atom stereocenters. The molecule has 40 heavy (non-hydrogen) atoms. The number of fused-ring (bicyclic) bond motifs is 2. The summed E-state index contributed by atoms with van der Waals surface area (Å²) >= 11 is 0. The molecular formula is C31H27FN6O2. The Morgan fingerprint density at radius 1 is 0.900 bits per heavy atom. The van der Waals surface area contributed by atoms with Gasteiger partial charge in [-0.05, 0) is 52.9 Å². The van der Waals surface area contributed by atoms with E-state index in [2.05, 4.69) is 30.5 Å². The number of aromatic amines is 2. The molecule has 200 valence electrons. The van der Waals surface area contributed by atoms with E-state index >= 15 is 0 Å². The molecule has 9 heteroatoms. The third kappa shape index (κ3) is 5.01. The van der Waals surface area contributed by atoms with Crippen molar-refractivity contribution in [3.8, 4) is 39.4 Å². The normalized spacial score (nSPS) is 11.8. The molecular weight excluding hydrogens is 507 g/mol. The number of rotatable bonds is 5. The van der Waals surface area contributed by atoms with Crippen LogP contribution in [0.1, 0.15) is 27.2 Å². The summed E-state index contributed by atoms with van der Waals surface area (Å²) < 4.78 is 14.0.